The summed E-state index contributed by atoms with van der Waals surface area (Å²) in [5.74, 6) is 2.48. The van der Waals surface area contributed by atoms with Crippen molar-refractivity contribution in [3.63, 3.8) is 0 Å². The van der Waals surface area contributed by atoms with Crippen molar-refractivity contribution in [3.8, 4) is 22.8 Å². The fourth-order valence-electron chi connectivity index (χ4n) is 4.12. The Hall–Kier alpha value is -4.44. The summed E-state index contributed by atoms with van der Waals surface area (Å²) in [4.78, 5) is 18.0. The molecule has 0 unspecified atom stereocenters. The fraction of sp³-hybridized carbons (Fsp3) is 0.115. The summed E-state index contributed by atoms with van der Waals surface area (Å²) >= 11 is 1.41. The SMILES string of the molecule is COc1cccc(-c2noc(CSc3nnc4n(-c5ccccc5C)c(=O)c5ccccc5n34)n2)c1. The zero-order valence-electron chi connectivity index (χ0n) is 19.5. The molecule has 0 spiro atoms. The Labute approximate surface area is 209 Å². The number of hydrogen-bond acceptors (Lipinski definition) is 8. The normalized spacial score (nSPS) is 11.4. The van der Waals surface area contributed by atoms with Crippen molar-refractivity contribution in [1.82, 2.24) is 29.3 Å². The second kappa shape index (κ2) is 8.97. The van der Waals surface area contributed by atoms with Gasteiger partial charge >= 0.3 is 0 Å². The fourth-order valence-corrected chi connectivity index (χ4v) is 4.90. The summed E-state index contributed by atoms with van der Waals surface area (Å²) < 4.78 is 14.3. The molecule has 0 bridgehead atoms. The molecule has 6 rings (SSSR count). The van der Waals surface area contributed by atoms with Gasteiger partial charge in [-0.25, -0.2) is 4.57 Å². The smallest absolute Gasteiger partial charge is 0.267 e. The molecule has 0 atom stereocenters. The summed E-state index contributed by atoms with van der Waals surface area (Å²) in [6.45, 7) is 1.97. The molecule has 10 heteroatoms. The number of benzene rings is 3. The molecule has 0 aliphatic heterocycles. The summed E-state index contributed by atoms with van der Waals surface area (Å²) in [5, 5.41) is 14.1. The van der Waals surface area contributed by atoms with E-state index in [0.717, 1.165) is 28.1 Å². The predicted molar refractivity (Wildman–Crippen MR) is 137 cm³/mol. The third-order valence-corrected chi connectivity index (χ3v) is 6.79. The largest absolute Gasteiger partial charge is 0.497 e. The maximum absolute atomic E-state index is 13.5. The van der Waals surface area contributed by atoms with Gasteiger partial charge in [-0.2, -0.15) is 4.98 Å². The quantitative estimate of drug-likeness (QED) is 0.306. The van der Waals surface area contributed by atoms with E-state index >= 15 is 0 Å². The maximum Gasteiger partial charge on any atom is 0.267 e. The van der Waals surface area contributed by atoms with Crippen LogP contribution in [0.3, 0.4) is 0 Å². The highest BCUT2D eigenvalue weighted by molar-refractivity contribution is 7.98. The zero-order valence-corrected chi connectivity index (χ0v) is 20.3. The second-order valence-corrected chi connectivity index (χ2v) is 9.04. The van der Waals surface area contributed by atoms with Crippen LogP contribution in [0.1, 0.15) is 11.5 Å². The third-order valence-electron chi connectivity index (χ3n) is 5.87. The number of para-hydroxylation sites is 2. The number of aromatic nitrogens is 6. The molecule has 0 aliphatic rings. The second-order valence-electron chi connectivity index (χ2n) is 8.09. The van der Waals surface area contributed by atoms with Crippen molar-refractivity contribution in [1.29, 1.82) is 0 Å². The van der Waals surface area contributed by atoms with E-state index in [9.17, 15) is 4.79 Å². The average Bonchev–Trinajstić information content (AvgIpc) is 3.56. The molecule has 9 nitrogen and oxygen atoms in total. The van der Waals surface area contributed by atoms with E-state index < -0.39 is 0 Å². The topological polar surface area (TPSA) is 100 Å². The lowest BCUT2D eigenvalue weighted by Crippen LogP contribution is -2.22. The van der Waals surface area contributed by atoms with Gasteiger partial charge in [-0.05, 0) is 42.8 Å². The van der Waals surface area contributed by atoms with Gasteiger partial charge in [0.15, 0.2) is 5.16 Å². The molecule has 0 amide bonds. The Balaban J connectivity index is 1.40. The van der Waals surface area contributed by atoms with Crippen LogP contribution in [-0.4, -0.2) is 36.4 Å². The first-order chi connectivity index (χ1) is 17.6. The van der Waals surface area contributed by atoms with Gasteiger partial charge in [0, 0.05) is 5.56 Å². The van der Waals surface area contributed by atoms with Gasteiger partial charge in [0.25, 0.3) is 5.56 Å². The average molecular weight is 497 g/mol. The molecule has 36 heavy (non-hydrogen) atoms. The lowest BCUT2D eigenvalue weighted by molar-refractivity contribution is 0.391. The van der Waals surface area contributed by atoms with E-state index in [2.05, 4.69) is 20.3 Å². The van der Waals surface area contributed by atoms with Crippen LogP contribution < -0.4 is 10.3 Å². The van der Waals surface area contributed by atoms with Crippen LogP contribution >= 0.6 is 11.8 Å². The van der Waals surface area contributed by atoms with E-state index in [1.807, 2.05) is 84.1 Å². The molecule has 0 N–H and O–H groups in total. The van der Waals surface area contributed by atoms with E-state index in [-0.39, 0.29) is 5.56 Å². The summed E-state index contributed by atoms with van der Waals surface area (Å²) in [5.41, 5.74) is 3.12. The monoisotopic (exact) mass is 496 g/mol. The molecule has 0 saturated heterocycles. The van der Waals surface area contributed by atoms with Crippen LogP contribution in [-0.2, 0) is 5.75 Å². The molecular weight excluding hydrogens is 476 g/mol. The van der Waals surface area contributed by atoms with Crippen LogP contribution in [0, 0.1) is 6.92 Å². The van der Waals surface area contributed by atoms with Gasteiger partial charge in [-0.15, -0.1) is 10.2 Å². The van der Waals surface area contributed by atoms with E-state index in [4.69, 9.17) is 9.26 Å². The number of fused-ring (bicyclic) bond motifs is 3. The van der Waals surface area contributed by atoms with Gasteiger partial charge in [0.05, 0.1) is 29.5 Å². The summed E-state index contributed by atoms with van der Waals surface area (Å²) in [6, 6.07) is 22.7. The Kier molecular flexibility index (Phi) is 5.49. The molecular formula is C26H20N6O3S. The minimum atomic E-state index is -0.142. The standard InChI is InChI=1S/C26H20N6O3S/c1-16-8-3-5-12-20(16)31-24(33)19-11-4-6-13-21(19)32-25(31)28-29-26(32)36-15-22-27-23(30-35-22)17-9-7-10-18(14-17)34-2/h3-14H,15H2,1-2H3. The summed E-state index contributed by atoms with van der Waals surface area (Å²) in [6.07, 6.45) is 0. The van der Waals surface area contributed by atoms with Gasteiger partial charge in [-0.1, -0.05) is 59.4 Å². The molecule has 6 aromatic rings. The number of thioether (sulfide) groups is 1. The number of rotatable bonds is 6. The lowest BCUT2D eigenvalue weighted by Gasteiger charge is -2.13. The first-order valence-corrected chi connectivity index (χ1v) is 12.2. The van der Waals surface area contributed by atoms with E-state index in [0.29, 0.717) is 33.8 Å². The third kappa shape index (κ3) is 3.72. The van der Waals surface area contributed by atoms with Crippen molar-refractivity contribution >= 4 is 28.4 Å². The highest BCUT2D eigenvalue weighted by Crippen LogP contribution is 2.27. The Morgan fingerprint density at radius 3 is 2.69 bits per heavy atom. The highest BCUT2D eigenvalue weighted by Gasteiger charge is 2.19. The maximum atomic E-state index is 13.5. The molecule has 3 heterocycles. The lowest BCUT2D eigenvalue weighted by atomic mass is 10.2. The first kappa shape index (κ1) is 22.1. The Morgan fingerprint density at radius 2 is 1.83 bits per heavy atom. The van der Waals surface area contributed by atoms with Crippen LogP contribution in [0.15, 0.2) is 87.3 Å². The molecule has 0 radical (unpaired) electrons. The van der Waals surface area contributed by atoms with Crippen molar-refractivity contribution in [2.75, 3.05) is 7.11 Å². The summed E-state index contributed by atoms with van der Waals surface area (Å²) in [7, 11) is 1.61. The van der Waals surface area contributed by atoms with Gasteiger partial charge < -0.3 is 9.26 Å². The van der Waals surface area contributed by atoms with Crippen molar-refractivity contribution in [3.05, 3.63) is 94.6 Å². The number of methoxy groups -OCH3 is 1. The zero-order chi connectivity index (χ0) is 24.6. The molecule has 0 fully saturated rings. The molecule has 0 saturated carbocycles. The molecule has 178 valence electrons. The molecule has 3 aromatic heterocycles. The van der Waals surface area contributed by atoms with Crippen LogP contribution in [0.4, 0.5) is 0 Å². The molecule has 0 aliphatic carbocycles. The van der Waals surface area contributed by atoms with Crippen LogP contribution in [0.25, 0.3) is 33.8 Å². The van der Waals surface area contributed by atoms with E-state index in [1.54, 1.807) is 11.7 Å². The Morgan fingerprint density at radius 1 is 1.00 bits per heavy atom. The van der Waals surface area contributed by atoms with Crippen molar-refractivity contribution < 1.29 is 9.26 Å². The van der Waals surface area contributed by atoms with E-state index in [1.165, 1.54) is 11.8 Å². The van der Waals surface area contributed by atoms with Gasteiger partial charge in [-0.3, -0.25) is 9.20 Å². The van der Waals surface area contributed by atoms with Crippen molar-refractivity contribution in [2.45, 2.75) is 17.8 Å². The minimum Gasteiger partial charge on any atom is -0.497 e. The predicted octanol–water partition coefficient (Wildman–Crippen LogP) is 4.69. The highest BCUT2D eigenvalue weighted by atomic mass is 32.2. The number of nitrogens with zero attached hydrogens (tertiary/aromatic N) is 6. The number of aryl methyl sites for hydroxylation is 1. The van der Waals surface area contributed by atoms with Crippen LogP contribution in [0.5, 0.6) is 5.75 Å². The molecule has 3 aromatic carbocycles. The number of ether oxygens (including phenoxy) is 1. The van der Waals surface area contributed by atoms with Crippen molar-refractivity contribution in [2.24, 2.45) is 0 Å². The van der Waals surface area contributed by atoms with Gasteiger partial charge in [0.1, 0.15) is 5.75 Å². The van der Waals surface area contributed by atoms with Gasteiger partial charge in [0.2, 0.25) is 17.5 Å². The first-order valence-electron chi connectivity index (χ1n) is 11.2. The minimum absolute atomic E-state index is 0.142. The Bertz CT molecular complexity index is 1790. The van der Waals surface area contributed by atoms with Crippen LogP contribution in [0.2, 0.25) is 0 Å². The number of hydrogen-bond donors (Lipinski definition) is 0.